The van der Waals surface area contributed by atoms with Gasteiger partial charge in [-0.3, -0.25) is 0 Å². The summed E-state index contributed by atoms with van der Waals surface area (Å²) in [6.45, 7) is 3.98. The normalized spacial score (nSPS) is 10.2. The molecule has 0 fully saturated rings. The first-order chi connectivity index (χ1) is 8.31. The summed E-state index contributed by atoms with van der Waals surface area (Å²) >= 11 is 6.22. The van der Waals surface area contributed by atoms with Crippen LogP contribution in [0.5, 0.6) is 0 Å². The second-order valence-electron chi connectivity index (χ2n) is 3.95. The molecule has 0 radical (unpaired) electrons. The zero-order valence-corrected chi connectivity index (χ0v) is 10.7. The van der Waals surface area contributed by atoms with Crippen molar-refractivity contribution in [1.82, 2.24) is 0 Å². The van der Waals surface area contributed by atoms with Crippen molar-refractivity contribution in [3.05, 3.63) is 65.2 Å². The van der Waals surface area contributed by atoms with Gasteiger partial charge in [-0.15, -0.1) is 0 Å². The number of nitrogens with zero attached hydrogens (tertiary/aromatic N) is 1. The Hall–Kier alpha value is -1.47. The fraction of sp³-hybridized carbons (Fsp3) is 0.200. The van der Waals surface area contributed by atoms with Crippen LogP contribution < -0.4 is 4.90 Å². The number of hydrogen-bond acceptors (Lipinski definition) is 1. The third-order valence-corrected chi connectivity index (χ3v) is 3.11. The number of halogens is 1. The van der Waals surface area contributed by atoms with Crippen LogP contribution in [0.25, 0.3) is 0 Å². The number of para-hydroxylation sites is 1. The molecule has 0 amide bonds. The van der Waals surface area contributed by atoms with Crippen LogP contribution in [-0.4, -0.2) is 6.54 Å². The van der Waals surface area contributed by atoms with E-state index in [0.717, 1.165) is 23.8 Å². The van der Waals surface area contributed by atoms with Gasteiger partial charge in [0.15, 0.2) is 0 Å². The van der Waals surface area contributed by atoms with Gasteiger partial charge in [0, 0.05) is 13.1 Å². The number of hydrogen-bond donors (Lipinski definition) is 0. The van der Waals surface area contributed by atoms with Crippen molar-refractivity contribution in [2.45, 2.75) is 13.5 Å². The average Bonchev–Trinajstić information content (AvgIpc) is 2.38. The van der Waals surface area contributed by atoms with Gasteiger partial charge in [-0.2, -0.15) is 0 Å². The third kappa shape index (κ3) is 3.01. The van der Waals surface area contributed by atoms with Crippen molar-refractivity contribution in [2.24, 2.45) is 0 Å². The van der Waals surface area contributed by atoms with E-state index in [1.165, 1.54) is 5.56 Å². The van der Waals surface area contributed by atoms with Crippen molar-refractivity contribution < 1.29 is 0 Å². The summed E-state index contributed by atoms with van der Waals surface area (Å²) in [4.78, 5) is 2.28. The fourth-order valence-corrected chi connectivity index (χ4v) is 2.13. The van der Waals surface area contributed by atoms with Crippen molar-refractivity contribution in [2.75, 3.05) is 11.4 Å². The predicted octanol–water partition coefficient (Wildman–Crippen LogP) is 4.37. The Morgan fingerprint density at radius 3 is 2.24 bits per heavy atom. The summed E-state index contributed by atoms with van der Waals surface area (Å²) in [5.41, 5.74) is 2.40. The molecule has 2 rings (SSSR count). The molecule has 0 bridgehead atoms. The summed E-state index contributed by atoms with van der Waals surface area (Å²) in [6.07, 6.45) is 0. The van der Waals surface area contributed by atoms with Gasteiger partial charge < -0.3 is 4.90 Å². The lowest BCUT2D eigenvalue weighted by Gasteiger charge is -2.24. The molecule has 1 nitrogen and oxygen atoms in total. The molecule has 0 aliphatic rings. The van der Waals surface area contributed by atoms with Crippen LogP contribution in [0.3, 0.4) is 0 Å². The highest BCUT2D eigenvalue weighted by Crippen LogP contribution is 2.26. The van der Waals surface area contributed by atoms with E-state index in [-0.39, 0.29) is 0 Å². The van der Waals surface area contributed by atoms with Crippen LogP contribution in [0, 0.1) is 0 Å². The molecule has 2 aromatic carbocycles. The zero-order chi connectivity index (χ0) is 12.1. The second-order valence-corrected chi connectivity index (χ2v) is 4.36. The van der Waals surface area contributed by atoms with Crippen LogP contribution in [0.2, 0.25) is 5.02 Å². The summed E-state index contributed by atoms with van der Waals surface area (Å²) in [5, 5.41) is 0.810. The van der Waals surface area contributed by atoms with Gasteiger partial charge in [0.2, 0.25) is 0 Å². The Bertz CT molecular complexity index is 467. The summed E-state index contributed by atoms with van der Waals surface area (Å²) in [5.74, 6) is 0. The second kappa shape index (κ2) is 5.74. The summed E-state index contributed by atoms with van der Waals surface area (Å²) in [7, 11) is 0. The molecule has 0 aromatic heterocycles. The molecule has 0 saturated heterocycles. The molecule has 17 heavy (non-hydrogen) atoms. The standard InChI is InChI=1S/C15H16ClN/c1-2-17(12-13-8-4-3-5-9-13)15-11-7-6-10-14(15)16/h3-11H,2,12H2,1H3. The van der Waals surface area contributed by atoms with E-state index in [0.29, 0.717) is 0 Å². The van der Waals surface area contributed by atoms with E-state index in [1.54, 1.807) is 0 Å². The molecule has 2 aromatic rings. The van der Waals surface area contributed by atoms with Gasteiger partial charge in [-0.05, 0) is 24.6 Å². The van der Waals surface area contributed by atoms with Crippen LogP contribution >= 0.6 is 11.6 Å². The quantitative estimate of drug-likeness (QED) is 0.773. The van der Waals surface area contributed by atoms with E-state index < -0.39 is 0 Å². The number of rotatable bonds is 4. The van der Waals surface area contributed by atoms with Gasteiger partial charge in [-0.25, -0.2) is 0 Å². The van der Waals surface area contributed by atoms with E-state index in [2.05, 4.69) is 42.2 Å². The molecule has 2 heteroatoms. The van der Waals surface area contributed by atoms with Crippen molar-refractivity contribution >= 4 is 17.3 Å². The third-order valence-electron chi connectivity index (χ3n) is 2.79. The fourth-order valence-electron chi connectivity index (χ4n) is 1.88. The maximum absolute atomic E-state index is 6.22. The highest BCUT2D eigenvalue weighted by molar-refractivity contribution is 6.33. The van der Waals surface area contributed by atoms with Crippen LogP contribution in [0.15, 0.2) is 54.6 Å². The maximum atomic E-state index is 6.22. The Labute approximate surface area is 108 Å². The molecule has 0 heterocycles. The number of anilines is 1. The number of benzene rings is 2. The lowest BCUT2D eigenvalue weighted by Crippen LogP contribution is -2.22. The van der Waals surface area contributed by atoms with E-state index >= 15 is 0 Å². The van der Waals surface area contributed by atoms with E-state index in [4.69, 9.17) is 11.6 Å². The molecule has 88 valence electrons. The largest absolute Gasteiger partial charge is 0.366 e. The summed E-state index contributed by atoms with van der Waals surface area (Å²) in [6, 6.07) is 18.4. The Kier molecular flexibility index (Phi) is 4.05. The molecule has 0 atom stereocenters. The van der Waals surface area contributed by atoms with Crippen molar-refractivity contribution in [3.63, 3.8) is 0 Å². The van der Waals surface area contributed by atoms with Gasteiger partial charge in [0.25, 0.3) is 0 Å². The minimum absolute atomic E-state index is 0.810. The van der Waals surface area contributed by atoms with Crippen molar-refractivity contribution in [1.29, 1.82) is 0 Å². The highest BCUT2D eigenvalue weighted by Gasteiger charge is 2.08. The van der Waals surface area contributed by atoms with Crippen LogP contribution in [-0.2, 0) is 6.54 Å². The lowest BCUT2D eigenvalue weighted by atomic mass is 10.2. The monoisotopic (exact) mass is 245 g/mol. The minimum Gasteiger partial charge on any atom is -0.366 e. The van der Waals surface area contributed by atoms with Gasteiger partial charge in [-0.1, -0.05) is 54.1 Å². The highest BCUT2D eigenvalue weighted by atomic mass is 35.5. The maximum Gasteiger partial charge on any atom is 0.0639 e. The first-order valence-corrected chi connectivity index (χ1v) is 6.22. The molecule has 0 saturated carbocycles. The smallest absolute Gasteiger partial charge is 0.0639 e. The van der Waals surface area contributed by atoms with Gasteiger partial charge >= 0.3 is 0 Å². The molecular formula is C15H16ClN. The molecule has 0 aliphatic carbocycles. The first-order valence-electron chi connectivity index (χ1n) is 5.84. The first kappa shape index (κ1) is 12.0. The molecule has 0 spiro atoms. The van der Waals surface area contributed by atoms with Crippen molar-refractivity contribution in [3.8, 4) is 0 Å². The average molecular weight is 246 g/mol. The molecular weight excluding hydrogens is 230 g/mol. The predicted molar refractivity (Wildman–Crippen MR) is 74.6 cm³/mol. The Morgan fingerprint density at radius 2 is 1.59 bits per heavy atom. The minimum atomic E-state index is 0.810. The topological polar surface area (TPSA) is 3.24 Å². The molecule has 0 N–H and O–H groups in total. The Balaban J connectivity index is 2.21. The van der Waals surface area contributed by atoms with Gasteiger partial charge in [0.05, 0.1) is 10.7 Å². The summed E-state index contributed by atoms with van der Waals surface area (Å²) < 4.78 is 0. The SMILES string of the molecule is CCN(Cc1ccccc1)c1ccccc1Cl. The van der Waals surface area contributed by atoms with E-state index in [9.17, 15) is 0 Å². The molecule has 0 unspecified atom stereocenters. The van der Waals surface area contributed by atoms with Crippen LogP contribution in [0.4, 0.5) is 5.69 Å². The Morgan fingerprint density at radius 1 is 0.941 bits per heavy atom. The van der Waals surface area contributed by atoms with Crippen LogP contribution in [0.1, 0.15) is 12.5 Å². The lowest BCUT2D eigenvalue weighted by molar-refractivity contribution is 0.832. The molecule has 0 aliphatic heterocycles. The zero-order valence-electron chi connectivity index (χ0n) is 9.94. The van der Waals surface area contributed by atoms with Gasteiger partial charge in [0.1, 0.15) is 0 Å². The van der Waals surface area contributed by atoms with E-state index in [1.807, 2.05) is 24.3 Å².